The average molecular weight is 471 g/mol. The number of phenols is 1. The minimum Gasteiger partial charge on any atom is -0.508 e. The van der Waals surface area contributed by atoms with Gasteiger partial charge in [-0.05, 0) is 108 Å². The molecule has 2 saturated carbocycles. The van der Waals surface area contributed by atoms with Crippen LogP contribution >= 0.6 is 0 Å². The lowest BCUT2D eigenvalue weighted by molar-refractivity contribution is -0.117. The second-order valence-corrected chi connectivity index (χ2v) is 10.7. The Morgan fingerprint density at radius 3 is 2.29 bits per heavy atom. The van der Waals surface area contributed by atoms with Gasteiger partial charge in [-0.2, -0.15) is 0 Å². The standard InChI is InChI=1S/C31H31FO3/c32-25-6-1-20(2-7-25)29-11-5-22-15-26(33)8-12-30(22)31(29)21-3-9-28(10-4-21)35-18-19-13-23-16-27(34)17-24(23)14-19/h1-4,6-10,12,15,19,23-24,29,31,33H,5,11,13-14,16-18H2/t19?,23?,24?,29-,31+/m1/s1. The number of ether oxygens (including phenoxy) is 1. The van der Waals surface area contributed by atoms with E-state index < -0.39 is 0 Å². The summed E-state index contributed by atoms with van der Waals surface area (Å²) < 4.78 is 19.8. The molecule has 0 saturated heterocycles. The summed E-state index contributed by atoms with van der Waals surface area (Å²) in [4.78, 5) is 11.7. The molecule has 4 heteroatoms. The van der Waals surface area contributed by atoms with Gasteiger partial charge in [0.05, 0.1) is 6.61 Å². The van der Waals surface area contributed by atoms with E-state index in [2.05, 4.69) is 24.3 Å². The van der Waals surface area contributed by atoms with Crippen LogP contribution in [0.3, 0.4) is 0 Å². The number of hydrogen-bond donors (Lipinski definition) is 1. The Morgan fingerprint density at radius 1 is 0.886 bits per heavy atom. The Labute approximate surface area is 206 Å². The molecule has 0 aromatic heterocycles. The predicted molar refractivity (Wildman–Crippen MR) is 133 cm³/mol. The molecule has 1 N–H and O–H groups in total. The van der Waals surface area contributed by atoms with Gasteiger partial charge in [-0.1, -0.05) is 30.3 Å². The third-order valence-electron chi connectivity index (χ3n) is 8.53. The first-order valence-electron chi connectivity index (χ1n) is 12.8. The van der Waals surface area contributed by atoms with Gasteiger partial charge in [0, 0.05) is 18.8 Å². The number of hydrogen-bond acceptors (Lipinski definition) is 3. The number of Topliss-reactive ketones (excluding diaryl/α,β-unsaturated/α-hetero) is 1. The van der Waals surface area contributed by atoms with Crippen LogP contribution in [0.4, 0.5) is 4.39 Å². The number of aromatic hydroxyl groups is 1. The number of ketones is 1. The van der Waals surface area contributed by atoms with Crippen molar-refractivity contribution in [1.29, 1.82) is 0 Å². The fourth-order valence-electron chi connectivity index (χ4n) is 6.91. The van der Waals surface area contributed by atoms with Crippen molar-refractivity contribution in [2.45, 2.75) is 50.4 Å². The van der Waals surface area contributed by atoms with Gasteiger partial charge in [0.2, 0.25) is 0 Å². The number of aryl methyl sites for hydroxylation is 1. The summed E-state index contributed by atoms with van der Waals surface area (Å²) in [5.41, 5.74) is 4.75. The van der Waals surface area contributed by atoms with Crippen LogP contribution in [-0.2, 0) is 11.2 Å². The number of carbonyl (C=O) groups excluding carboxylic acids is 1. The summed E-state index contributed by atoms with van der Waals surface area (Å²) in [6, 6.07) is 21.0. The molecular weight excluding hydrogens is 439 g/mol. The molecule has 2 fully saturated rings. The lowest BCUT2D eigenvalue weighted by Crippen LogP contribution is -2.20. The van der Waals surface area contributed by atoms with Crippen LogP contribution in [0.15, 0.2) is 66.7 Å². The van der Waals surface area contributed by atoms with Crippen molar-refractivity contribution in [2.24, 2.45) is 17.8 Å². The highest BCUT2D eigenvalue weighted by Gasteiger charge is 2.41. The van der Waals surface area contributed by atoms with E-state index in [1.54, 1.807) is 18.2 Å². The molecule has 2 unspecified atom stereocenters. The lowest BCUT2D eigenvalue weighted by Gasteiger charge is -2.35. The second-order valence-electron chi connectivity index (χ2n) is 10.7. The fourth-order valence-corrected chi connectivity index (χ4v) is 6.91. The van der Waals surface area contributed by atoms with Crippen molar-refractivity contribution in [3.05, 3.63) is 94.8 Å². The molecular formula is C31H31FO3. The van der Waals surface area contributed by atoms with Crippen LogP contribution in [0.5, 0.6) is 11.5 Å². The van der Waals surface area contributed by atoms with Gasteiger partial charge in [-0.15, -0.1) is 0 Å². The van der Waals surface area contributed by atoms with Gasteiger partial charge in [0.1, 0.15) is 23.1 Å². The van der Waals surface area contributed by atoms with E-state index in [1.165, 1.54) is 16.7 Å². The van der Waals surface area contributed by atoms with Crippen LogP contribution in [0.1, 0.15) is 66.2 Å². The van der Waals surface area contributed by atoms with Gasteiger partial charge in [-0.25, -0.2) is 4.39 Å². The minimum absolute atomic E-state index is 0.130. The zero-order chi connectivity index (χ0) is 23.9. The SMILES string of the molecule is O=C1CC2CC(COc3ccc([C@@H]4c5ccc(O)cc5CC[C@@H]4c4ccc(F)cc4)cc3)CC2C1. The molecule has 3 aromatic carbocycles. The monoisotopic (exact) mass is 470 g/mol. The van der Waals surface area contributed by atoms with Gasteiger partial charge in [0.15, 0.2) is 0 Å². The second kappa shape index (κ2) is 9.14. The number of fused-ring (bicyclic) bond motifs is 2. The van der Waals surface area contributed by atoms with E-state index in [9.17, 15) is 14.3 Å². The maximum atomic E-state index is 13.6. The Kier molecular flexibility index (Phi) is 5.83. The first-order valence-corrected chi connectivity index (χ1v) is 12.8. The number of carbonyl (C=O) groups is 1. The van der Waals surface area contributed by atoms with E-state index in [0.29, 0.717) is 35.9 Å². The van der Waals surface area contributed by atoms with E-state index in [0.717, 1.165) is 49.8 Å². The normalized spacial score (nSPS) is 27.5. The van der Waals surface area contributed by atoms with Crippen LogP contribution in [0.25, 0.3) is 0 Å². The Morgan fingerprint density at radius 2 is 1.57 bits per heavy atom. The van der Waals surface area contributed by atoms with E-state index in [4.69, 9.17) is 4.74 Å². The maximum absolute atomic E-state index is 13.6. The molecule has 6 rings (SSSR count). The summed E-state index contributed by atoms with van der Waals surface area (Å²) in [6.07, 6.45) is 5.59. The molecule has 35 heavy (non-hydrogen) atoms. The highest BCUT2D eigenvalue weighted by molar-refractivity contribution is 5.81. The zero-order valence-electron chi connectivity index (χ0n) is 19.8. The Balaban J connectivity index is 1.21. The van der Waals surface area contributed by atoms with E-state index in [1.807, 2.05) is 24.3 Å². The largest absolute Gasteiger partial charge is 0.508 e. The molecule has 4 atom stereocenters. The molecule has 3 aliphatic carbocycles. The predicted octanol–water partition coefficient (Wildman–Crippen LogP) is 6.78. The number of rotatable bonds is 5. The van der Waals surface area contributed by atoms with Gasteiger partial charge in [0.25, 0.3) is 0 Å². The molecule has 0 bridgehead atoms. The third-order valence-corrected chi connectivity index (χ3v) is 8.53. The Hall–Kier alpha value is -3.14. The number of halogens is 1. The molecule has 0 radical (unpaired) electrons. The molecule has 0 heterocycles. The fraction of sp³-hybridized carbons (Fsp3) is 0.387. The topological polar surface area (TPSA) is 46.5 Å². The summed E-state index contributed by atoms with van der Waals surface area (Å²) in [6.45, 7) is 0.713. The highest BCUT2D eigenvalue weighted by Crippen LogP contribution is 2.48. The average Bonchev–Trinajstić information content (AvgIpc) is 3.40. The molecule has 0 aliphatic heterocycles. The van der Waals surface area contributed by atoms with E-state index >= 15 is 0 Å². The van der Waals surface area contributed by atoms with E-state index in [-0.39, 0.29) is 17.7 Å². The summed E-state index contributed by atoms with van der Waals surface area (Å²) in [5, 5.41) is 10.0. The summed E-state index contributed by atoms with van der Waals surface area (Å²) in [7, 11) is 0. The number of benzene rings is 3. The first-order chi connectivity index (χ1) is 17.0. The first kappa shape index (κ1) is 22.3. The van der Waals surface area contributed by atoms with Crippen molar-refractivity contribution >= 4 is 5.78 Å². The zero-order valence-corrected chi connectivity index (χ0v) is 19.8. The van der Waals surface area contributed by atoms with Gasteiger partial charge < -0.3 is 9.84 Å². The van der Waals surface area contributed by atoms with Crippen LogP contribution in [-0.4, -0.2) is 17.5 Å². The third kappa shape index (κ3) is 4.47. The van der Waals surface area contributed by atoms with Gasteiger partial charge >= 0.3 is 0 Å². The minimum atomic E-state index is -0.217. The van der Waals surface area contributed by atoms with Crippen LogP contribution in [0, 0.1) is 23.6 Å². The quantitative estimate of drug-likeness (QED) is 0.447. The molecule has 180 valence electrons. The molecule has 3 aromatic rings. The smallest absolute Gasteiger partial charge is 0.133 e. The van der Waals surface area contributed by atoms with Crippen molar-refractivity contribution < 1.29 is 19.0 Å². The van der Waals surface area contributed by atoms with Crippen molar-refractivity contribution in [3.63, 3.8) is 0 Å². The van der Waals surface area contributed by atoms with Crippen molar-refractivity contribution in [3.8, 4) is 11.5 Å². The van der Waals surface area contributed by atoms with Crippen molar-refractivity contribution in [2.75, 3.05) is 6.61 Å². The van der Waals surface area contributed by atoms with Gasteiger partial charge in [-0.3, -0.25) is 4.79 Å². The molecule has 0 spiro atoms. The maximum Gasteiger partial charge on any atom is 0.133 e. The summed E-state index contributed by atoms with van der Waals surface area (Å²) >= 11 is 0. The molecule has 0 amide bonds. The van der Waals surface area contributed by atoms with Crippen molar-refractivity contribution in [1.82, 2.24) is 0 Å². The van der Waals surface area contributed by atoms with Crippen LogP contribution in [0.2, 0.25) is 0 Å². The summed E-state index contributed by atoms with van der Waals surface area (Å²) in [5.74, 6) is 3.46. The lowest BCUT2D eigenvalue weighted by atomic mass is 9.69. The highest BCUT2D eigenvalue weighted by atomic mass is 19.1. The van der Waals surface area contributed by atoms with Crippen LogP contribution < -0.4 is 4.74 Å². The molecule has 3 aliphatic rings. The Bertz CT molecular complexity index is 1200. The molecule has 3 nitrogen and oxygen atoms in total. The number of phenolic OH excluding ortho intramolecular Hbond substituents is 1.